The van der Waals surface area contributed by atoms with Gasteiger partial charge in [-0.1, -0.05) is 11.6 Å². The summed E-state index contributed by atoms with van der Waals surface area (Å²) in [4.78, 5) is 4.11. The van der Waals surface area contributed by atoms with Gasteiger partial charge in [0.15, 0.2) is 0 Å². The first-order valence-electron chi connectivity index (χ1n) is 4.89. The molecule has 0 saturated carbocycles. The highest BCUT2D eigenvalue weighted by atomic mass is 35.5. The Morgan fingerprint density at radius 3 is 2.88 bits per heavy atom. The first-order valence-corrected chi connectivity index (χ1v) is 6.56. The quantitative estimate of drug-likeness (QED) is 0.755. The van der Waals surface area contributed by atoms with Crippen LogP contribution in [-0.4, -0.2) is 34.2 Å². The summed E-state index contributed by atoms with van der Waals surface area (Å²) in [5.74, 6) is 0.593. The number of aliphatic hydroxyl groups is 1. The standard InChI is InChI=1S/C10H16ClN3OS/c1-6(9(5-15)16-2)14-10-8(11)3-7(12)4-13-10/h3-4,6,9,15H,5,12H2,1-2H3,(H,13,14). The lowest BCUT2D eigenvalue weighted by atomic mass is 10.2. The van der Waals surface area contributed by atoms with Crippen LogP contribution in [0.2, 0.25) is 5.02 Å². The van der Waals surface area contributed by atoms with E-state index in [2.05, 4.69) is 10.3 Å². The van der Waals surface area contributed by atoms with Crippen molar-refractivity contribution in [2.24, 2.45) is 0 Å². The second-order valence-electron chi connectivity index (χ2n) is 3.49. The zero-order chi connectivity index (χ0) is 12.1. The fourth-order valence-corrected chi connectivity index (χ4v) is 2.16. The average molecular weight is 262 g/mol. The molecule has 0 aliphatic heterocycles. The van der Waals surface area contributed by atoms with Crippen LogP contribution in [0.1, 0.15) is 6.92 Å². The van der Waals surface area contributed by atoms with Crippen molar-refractivity contribution in [2.45, 2.75) is 18.2 Å². The lowest BCUT2D eigenvalue weighted by Crippen LogP contribution is -2.31. The summed E-state index contributed by atoms with van der Waals surface area (Å²) in [7, 11) is 0. The molecule has 90 valence electrons. The third-order valence-corrected chi connectivity index (χ3v) is 3.72. The number of nitrogens with zero attached hydrogens (tertiary/aromatic N) is 1. The van der Waals surface area contributed by atoms with Gasteiger partial charge in [0.2, 0.25) is 0 Å². The Balaban J connectivity index is 2.72. The van der Waals surface area contributed by atoms with Gasteiger partial charge in [-0.3, -0.25) is 0 Å². The molecule has 0 amide bonds. The van der Waals surface area contributed by atoms with Gasteiger partial charge in [-0.25, -0.2) is 4.98 Å². The highest BCUT2D eigenvalue weighted by Gasteiger charge is 2.16. The molecule has 0 bridgehead atoms. The van der Waals surface area contributed by atoms with E-state index in [-0.39, 0.29) is 17.9 Å². The number of nitrogens with one attached hydrogen (secondary N) is 1. The maximum Gasteiger partial charge on any atom is 0.145 e. The molecular formula is C10H16ClN3OS. The number of pyridine rings is 1. The topological polar surface area (TPSA) is 71.2 Å². The van der Waals surface area contributed by atoms with Gasteiger partial charge < -0.3 is 16.2 Å². The molecule has 1 heterocycles. The summed E-state index contributed by atoms with van der Waals surface area (Å²) in [6, 6.07) is 1.73. The first kappa shape index (κ1) is 13.4. The van der Waals surface area contributed by atoms with Crippen molar-refractivity contribution in [1.82, 2.24) is 4.98 Å². The second kappa shape index (κ2) is 6.18. The van der Waals surface area contributed by atoms with E-state index < -0.39 is 0 Å². The van der Waals surface area contributed by atoms with Crippen molar-refractivity contribution in [3.05, 3.63) is 17.3 Å². The number of halogens is 1. The Hall–Kier alpha value is -0.650. The smallest absolute Gasteiger partial charge is 0.145 e. The molecule has 1 aromatic rings. The normalized spacial score (nSPS) is 14.5. The van der Waals surface area contributed by atoms with E-state index >= 15 is 0 Å². The lowest BCUT2D eigenvalue weighted by molar-refractivity contribution is 0.288. The van der Waals surface area contributed by atoms with E-state index in [0.717, 1.165) is 0 Å². The summed E-state index contributed by atoms with van der Waals surface area (Å²) in [6.45, 7) is 2.09. The third kappa shape index (κ3) is 3.43. The molecule has 0 saturated heterocycles. The largest absolute Gasteiger partial charge is 0.397 e. The average Bonchev–Trinajstić information content (AvgIpc) is 2.24. The van der Waals surface area contributed by atoms with Crippen molar-refractivity contribution >= 4 is 34.9 Å². The van der Waals surface area contributed by atoms with Crippen LogP contribution in [0.3, 0.4) is 0 Å². The molecule has 2 atom stereocenters. The van der Waals surface area contributed by atoms with Gasteiger partial charge in [-0.05, 0) is 19.2 Å². The Bertz CT molecular complexity index is 347. The minimum atomic E-state index is 0.0774. The van der Waals surface area contributed by atoms with Crippen molar-refractivity contribution in [3.63, 3.8) is 0 Å². The minimum absolute atomic E-state index is 0.0774. The van der Waals surface area contributed by atoms with E-state index in [1.807, 2.05) is 13.2 Å². The number of rotatable bonds is 5. The van der Waals surface area contributed by atoms with Crippen LogP contribution in [0.15, 0.2) is 12.3 Å². The van der Waals surface area contributed by atoms with Crippen LogP contribution >= 0.6 is 23.4 Å². The van der Waals surface area contributed by atoms with Crippen LogP contribution < -0.4 is 11.1 Å². The zero-order valence-electron chi connectivity index (χ0n) is 9.27. The zero-order valence-corrected chi connectivity index (χ0v) is 10.8. The Morgan fingerprint density at radius 2 is 2.38 bits per heavy atom. The molecule has 1 rings (SSSR count). The Labute approximate surface area is 105 Å². The van der Waals surface area contributed by atoms with Crippen LogP contribution in [-0.2, 0) is 0 Å². The van der Waals surface area contributed by atoms with Crippen LogP contribution in [0.4, 0.5) is 11.5 Å². The van der Waals surface area contributed by atoms with Crippen molar-refractivity contribution in [2.75, 3.05) is 23.9 Å². The van der Waals surface area contributed by atoms with Gasteiger partial charge in [-0.15, -0.1) is 0 Å². The maximum atomic E-state index is 9.15. The number of anilines is 2. The van der Waals surface area contributed by atoms with Gasteiger partial charge >= 0.3 is 0 Å². The van der Waals surface area contributed by atoms with Gasteiger partial charge in [0.05, 0.1) is 23.5 Å². The number of nitrogen functional groups attached to an aromatic ring is 1. The highest BCUT2D eigenvalue weighted by Crippen LogP contribution is 2.23. The van der Waals surface area contributed by atoms with Gasteiger partial charge in [0, 0.05) is 11.3 Å². The molecule has 4 nitrogen and oxygen atoms in total. The molecule has 0 spiro atoms. The number of thioether (sulfide) groups is 1. The number of aromatic nitrogens is 1. The number of hydrogen-bond donors (Lipinski definition) is 3. The number of hydrogen-bond acceptors (Lipinski definition) is 5. The van der Waals surface area contributed by atoms with Crippen molar-refractivity contribution in [1.29, 1.82) is 0 Å². The molecule has 1 aromatic heterocycles. The number of aliphatic hydroxyl groups excluding tert-OH is 1. The molecule has 0 radical (unpaired) electrons. The molecule has 16 heavy (non-hydrogen) atoms. The van der Waals surface area contributed by atoms with E-state index in [9.17, 15) is 0 Å². The molecule has 0 aliphatic rings. The summed E-state index contributed by atoms with van der Waals surface area (Å²) in [6.07, 6.45) is 3.51. The SMILES string of the molecule is CSC(CO)C(C)Nc1ncc(N)cc1Cl. The molecular weight excluding hydrogens is 246 g/mol. The summed E-state index contributed by atoms with van der Waals surface area (Å²) >= 11 is 7.59. The molecule has 0 aliphatic carbocycles. The number of nitrogens with two attached hydrogens (primary N) is 1. The monoisotopic (exact) mass is 261 g/mol. The first-order chi connectivity index (χ1) is 7.58. The summed E-state index contributed by atoms with van der Waals surface area (Å²) in [5, 5.41) is 12.9. The predicted octanol–water partition coefficient (Wildman–Crippen LogP) is 1.84. The van der Waals surface area contributed by atoms with Crippen molar-refractivity contribution < 1.29 is 5.11 Å². The van der Waals surface area contributed by atoms with E-state index in [4.69, 9.17) is 22.4 Å². The van der Waals surface area contributed by atoms with Gasteiger partial charge in [-0.2, -0.15) is 11.8 Å². The van der Waals surface area contributed by atoms with Gasteiger partial charge in [0.25, 0.3) is 0 Å². The predicted molar refractivity (Wildman–Crippen MR) is 71.1 cm³/mol. The van der Waals surface area contributed by atoms with Gasteiger partial charge in [0.1, 0.15) is 5.82 Å². The van der Waals surface area contributed by atoms with E-state index in [0.29, 0.717) is 16.5 Å². The van der Waals surface area contributed by atoms with Crippen molar-refractivity contribution in [3.8, 4) is 0 Å². The fourth-order valence-electron chi connectivity index (χ4n) is 1.30. The van der Waals surface area contributed by atoms with Crippen LogP contribution in [0.25, 0.3) is 0 Å². The highest BCUT2D eigenvalue weighted by molar-refractivity contribution is 7.99. The Morgan fingerprint density at radius 1 is 1.69 bits per heavy atom. The summed E-state index contributed by atoms with van der Waals surface area (Å²) in [5.41, 5.74) is 6.09. The lowest BCUT2D eigenvalue weighted by Gasteiger charge is -2.22. The fraction of sp³-hybridized carbons (Fsp3) is 0.500. The summed E-state index contributed by atoms with van der Waals surface area (Å²) < 4.78 is 0. The second-order valence-corrected chi connectivity index (χ2v) is 4.97. The third-order valence-electron chi connectivity index (χ3n) is 2.27. The van der Waals surface area contributed by atoms with Crippen LogP contribution in [0, 0.1) is 0 Å². The molecule has 4 N–H and O–H groups in total. The molecule has 2 unspecified atom stereocenters. The Kier molecular flexibility index (Phi) is 5.18. The molecule has 0 fully saturated rings. The van der Waals surface area contributed by atoms with E-state index in [1.165, 1.54) is 0 Å². The maximum absolute atomic E-state index is 9.15. The molecule has 0 aromatic carbocycles. The molecule has 6 heteroatoms. The minimum Gasteiger partial charge on any atom is -0.397 e. The van der Waals surface area contributed by atoms with E-state index in [1.54, 1.807) is 24.0 Å². The van der Waals surface area contributed by atoms with Crippen LogP contribution in [0.5, 0.6) is 0 Å².